The van der Waals surface area contributed by atoms with E-state index in [1.807, 2.05) is 0 Å². The zero-order valence-electron chi connectivity index (χ0n) is 25.7. The summed E-state index contributed by atoms with van der Waals surface area (Å²) >= 11 is 0. The van der Waals surface area contributed by atoms with E-state index in [0.29, 0.717) is 12.8 Å². The second-order valence-corrected chi connectivity index (χ2v) is 11.6. The van der Waals surface area contributed by atoms with Crippen molar-refractivity contribution in [2.24, 2.45) is 0 Å². The molecule has 0 aliphatic carbocycles. The summed E-state index contributed by atoms with van der Waals surface area (Å²) in [6.07, 6.45) is 35.4. The Bertz CT molecular complexity index is 508. The minimum Gasteiger partial charge on any atom is -0.394 e. The zero-order chi connectivity index (χ0) is 27.9. The van der Waals surface area contributed by atoms with Crippen LogP contribution in [0.4, 0.5) is 0 Å². The third-order valence-corrected chi connectivity index (χ3v) is 7.78. The van der Waals surface area contributed by atoms with Gasteiger partial charge in [0.05, 0.1) is 18.8 Å². The van der Waals surface area contributed by atoms with Crippen molar-refractivity contribution >= 4 is 5.91 Å². The van der Waals surface area contributed by atoms with Crippen LogP contribution >= 0.6 is 0 Å². The van der Waals surface area contributed by atoms with Crippen molar-refractivity contribution < 1.29 is 15.0 Å². The van der Waals surface area contributed by atoms with Gasteiger partial charge in [-0.25, -0.2) is 0 Å². The summed E-state index contributed by atoms with van der Waals surface area (Å²) in [5, 5.41) is 22.9. The van der Waals surface area contributed by atoms with Gasteiger partial charge in [-0.05, 0) is 38.5 Å². The Kier molecular flexibility index (Phi) is 30.0. The van der Waals surface area contributed by atoms with Crippen molar-refractivity contribution in [3.05, 3.63) is 12.2 Å². The molecular weight excluding hydrogens is 470 g/mol. The molecule has 0 fully saturated rings. The smallest absolute Gasteiger partial charge is 0.220 e. The third-order valence-electron chi connectivity index (χ3n) is 7.78. The van der Waals surface area contributed by atoms with Gasteiger partial charge >= 0.3 is 0 Å². The molecule has 226 valence electrons. The molecule has 0 bridgehead atoms. The number of allylic oxidation sites excluding steroid dienone is 2. The Hall–Kier alpha value is -0.870. The molecule has 38 heavy (non-hydrogen) atoms. The highest BCUT2D eigenvalue weighted by Gasteiger charge is 2.19. The maximum Gasteiger partial charge on any atom is 0.220 e. The highest BCUT2D eigenvalue weighted by molar-refractivity contribution is 5.76. The fraction of sp³-hybridized carbons (Fsp3) is 0.912. The van der Waals surface area contributed by atoms with Crippen molar-refractivity contribution in [3.8, 4) is 0 Å². The van der Waals surface area contributed by atoms with Gasteiger partial charge in [-0.1, -0.05) is 148 Å². The Balaban J connectivity index is 3.62. The maximum atomic E-state index is 12.3. The van der Waals surface area contributed by atoms with Crippen molar-refractivity contribution in [1.82, 2.24) is 5.32 Å². The summed E-state index contributed by atoms with van der Waals surface area (Å²) in [6.45, 7) is 4.32. The van der Waals surface area contributed by atoms with E-state index in [1.165, 1.54) is 122 Å². The lowest BCUT2D eigenvalue weighted by Gasteiger charge is -2.22. The molecule has 0 unspecified atom stereocenters. The molecular formula is C34H67NO3. The second kappa shape index (κ2) is 30.7. The molecule has 0 spiro atoms. The lowest BCUT2D eigenvalue weighted by atomic mass is 10.0. The first kappa shape index (κ1) is 37.1. The maximum absolute atomic E-state index is 12.3. The minimum atomic E-state index is -0.674. The first-order chi connectivity index (χ1) is 18.7. The van der Waals surface area contributed by atoms with Gasteiger partial charge in [0.15, 0.2) is 0 Å². The van der Waals surface area contributed by atoms with Crippen LogP contribution in [0.5, 0.6) is 0 Å². The quantitative estimate of drug-likeness (QED) is 0.0631. The number of hydrogen-bond acceptors (Lipinski definition) is 3. The van der Waals surface area contributed by atoms with Crippen molar-refractivity contribution in [2.75, 3.05) is 6.61 Å². The molecule has 4 heteroatoms. The third kappa shape index (κ3) is 26.7. The lowest BCUT2D eigenvalue weighted by molar-refractivity contribution is -0.123. The number of unbranched alkanes of at least 4 members (excludes halogenated alkanes) is 21. The summed E-state index contributed by atoms with van der Waals surface area (Å²) in [7, 11) is 0. The molecule has 0 saturated heterocycles. The molecule has 0 aliphatic heterocycles. The zero-order valence-corrected chi connectivity index (χ0v) is 25.7. The van der Waals surface area contributed by atoms with E-state index >= 15 is 0 Å². The van der Waals surface area contributed by atoms with Crippen molar-refractivity contribution in [3.63, 3.8) is 0 Å². The van der Waals surface area contributed by atoms with Gasteiger partial charge < -0.3 is 15.5 Å². The standard InChI is InChI=1S/C34H67NO3/c1-3-5-7-9-11-13-15-17-18-19-21-23-25-27-29-33(37)32(31-36)35-34(38)30-28-26-24-22-20-16-14-12-10-8-6-4-2/h19,21,32-33,36-37H,3-18,20,22-31H2,1-2H3,(H,35,38)/b21-19+/t32-,33+/m0/s1. The van der Waals surface area contributed by atoms with Crippen LogP contribution in [0.2, 0.25) is 0 Å². The van der Waals surface area contributed by atoms with Gasteiger partial charge in [-0.15, -0.1) is 0 Å². The molecule has 0 saturated carbocycles. The molecule has 4 nitrogen and oxygen atoms in total. The fourth-order valence-electron chi connectivity index (χ4n) is 5.12. The Labute approximate surface area is 237 Å². The number of aliphatic hydroxyl groups excluding tert-OH is 2. The lowest BCUT2D eigenvalue weighted by Crippen LogP contribution is -2.45. The van der Waals surface area contributed by atoms with Gasteiger partial charge in [0, 0.05) is 6.42 Å². The van der Waals surface area contributed by atoms with Crippen molar-refractivity contribution in [1.29, 1.82) is 0 Å². The van der Waals surface area contributed by atoms with Crippen LogP contribution in [0.1, 0.15) is 181 Å². The normalized spacial score (nSPS) is 13.3. The van der Waals surface area contributed by atoms with Gasteiger partial charge in [0.2, 0.25) is 5.91 Å². The predicted octanol–water partition coefficient (Wildman–Crippen LogP) is 9.56. The van der Waals surface area contributed by atoms with E-state index in [4.69, 9.17) is 0 Å². The average Bonchev–Trinajstić information content (AvgIpc) is 2.92. The molecule has 0 aromatic rings. The van der Waals surface area contributed by atoms with Gasteiger partial charge in [-0.3, -0.25) is 4.79 Å². The molecule has 0 rings (SSSR count). The molecule has 0 aliphatic rings. The van der Waals surface area contributed by atoms with Crippen molar-refractivity contribution in [2.45, 2.75) is 193 Å². The van der Waals surface area contributed by atoms with E-state index in [2.05, 4.69) is 31.3 Å². The first-order valence-corrected chi connectivity index (χ1v) is 16.9. The number of nitrogens with one attached hydrogen (secondary N) is 1. The number of amides is 1. The highest BCUT2D eigenvalue weighted by Crippen LogP contribution is 2.14. The predicted molar refractivity (Wildman–Crippen MR) is 166 cm³/mol. The van der Waals surface area contributed by atoms with E-state index in [-0.39, 0.29) is 12.5 Å². The Morgan fingerprint density at radius 3 is 1.45 bits per heavy atom. The molecule has 0 aromatic heterocycles. The average molecular weight is 538 g/mol. The van der Waals surface area contributed by atoms with Crippen LogP contribution in [-0.4, -0.2) is 34.9 Å². The van der Waals surface area contributed by atoms with E-state index in [1.54, 1.807) is 0 Å². The summed E-state index contributed by atoms with van der Waals surface area (Å²) in [5.74, 6) is -0.0425. The minimum absolute atomic E-state index is 0.0425. The SMILES string of the molecule is CCCCCCCCCC/C=C/CCCC[C@@H](O)[C@H](CO)NC(=O)CCCCCCCCCCCCCC. The van der Waals surface area contributed by atoms with E-state index < -0.39 is 12.1 Å². The van der Waals surface area contributed by atoms with E-state index in [9.17, 15) is 15.0 Å². The fourth-order valence-corrected chi connectivity index (χ4v) is 5.12. The van der Waals surface area contributed by atoms with Crippen LogP contribution in [-0.2, 0) is 4.79 Å². The molecule has 3 N–H and O–H groups in total. The first-order valence-electron chi connectivity index (χ1n) is 16.9. The Morgan fingerprint density at radius 2 is 1.00 bits per heavy atom. The number of carbonyl (C=O) groups excluding carboxylic acids is 1. The number of aliphatic hydroxyl groups is 2. The second-order valence-electron chi connectivity index (χ2n) is 11.6. The monoisotopic (exact) mass is 538 g/mol. The number of hydrogen-bond donors (Lipinski definition) is 3. The number of rotatable bonds is 30. The van der Waals surface area contributed by atoms with Gasteiger partial charge in [0.1, 0.15) is 0 Å². The molecule has 2 atom stereocenters. The van der Waals surface area contributed by atoms with Crippen LogP contribution in [0.3, 0.4) is 0 Å². The summed E-state index contributed by atoms with van der Waals surface area (Å²) < 4.78 is 0. The van der Waals surface area contributed by atoms with E-state index in [0.717, 1.165) is 32.1 Å². The molecule has 0 heterocycles. The summed E-state index contributed by atoms with van der Waals surface area (Å²) in [5.41, 5.74) is 0. The largest absolute Gasteiger partial charge is 0.394 e. The molecule has 1 amide bonds. The van der Waals surface area contributed by atoms with Crippen LogP contribution in [0.25, 0.3) is 0 Å². The van der Waals surface area contributed by atoms with Crippen LogP contribution in [0, 0.1) is 0 Å². The number of carbonyl (C=O) groups is 1. The van der Waals surface area contributed by atoms with Crippen LogP contribution < -0.4 is 5.32 Å². The topological polar surface area (TPSA) is 69.6 Å². The van der Waals surface area contributed by atoms with Gasteiger partial charge in [-0.2, -0.15) is 0 Å². The molecule has 0 aromatic carbocycles. The van der Waals surface area contributed by atoms with Gasteiger partial charge in [0.25, 0.3) is 0 Å². The molecule has 0 radical (unpaired) electrons. The Morgan fingerprint density at radius 1 is 0.605 bits per heavy atom. The summed E-state index contributed by atoms with van der Waals surface area (Å²) in [6, 6.07) is -0.544. The van der Waals surface area contributed by atoms with Crippen LogP contribution in [0.15, 0.2) is 12.2 Å². The summed E-state index contributed by atoms with van der Waals surface area (Å²) in [4.78, 5) is 12.3. The highest BCUT2D eigenvalue weighted by atomic mass is 16.3.